The molecule has 1 heterocycles. The molecule has 1 aromatic heterocycles. The highest BCUT2D eigenvalue weighted by Crippen LogP contribution is 2.56. The minimum absolute atomic E-state index is 0.390. The smallest absolute Gasteiger partial charge is 0.0713 e. The highest BCUT2D eigenvalue weighted by Gasteiger charge is 2.45. The quantitative estimate of drug-likeness (QED) is 0.202. The van der Waals surface area contributed by atoms with Crippen molar-refractivity contribution in [2.45, 2.75) is 5.41 Å². The Kier molecular flexibility index (Phi) is 5.48. The molecule has 0 spiro atoms. The molecule has 44 heavy (non-hydrogen) atoms. The predicted molar refractivity (Wildman–Crippen MR) is 184 cm³/mol. The van der Waals surface area contributed by atoms with Crippen molar-refractivity contribution in [3.05, 3.63) is 198 Å². The summed E-state index contributed by atoms with van der Waals surface area (Å²) in [7, 11) is 0. The topological polar surface area (TPSA) is 4.93 Å². The summed E-state index contributed by atoms with van der Waals surface area (Å²) >= 11 is 0. The van der Waals surface area contributed by atoms with Gasteiger partial charge in [0.15, 0.2) is 0 Å². The van der Waals surface area contributed by atoms with Crippen LogP contribution in [0.3, 0.4) is 0 Å². The molecule has 1 aliphatic rings. The average Bonchev–Trinajstić information content (AvgIpc) is 3.60. The van der Waals surface area contributed by atoms with E-state index in [0.29, 0.717) is 0 Å². The van der Waals surface area contributed by atoms with Crippen molar-refractivity contribution in [3.8, 4) is 27.9 Å². The third-order valence-corrected chi connectivity index (χ3v) is 9.50. The average molecular weight is 560 g/mol. The van der Waals surface area contributed by atoms with Crippen LogP contribution in [-0.2, 0) is 5.41 Å². The SMILES string of the molecule is c1ccc(-c2ccc3c(c2)c2ccccc2n3-c2ccc(C3(c4ccccc4)c4ccccc4-c4ccccc43)cc2)cc1. The summed E-state index contributed by atoms with van der Waals surface area (Å²) in [4.78, 5) is 0. The van der Waals surface area contributed by atoms with Crippen molar-refractivity contribution < 1.29 is 0 Å². The van der Waals surface area contributed by atoms with Gasteiger partial charge in [-0.1, -0.05) is 146 Å². The van der Waals surface area contributed by atoms with Crippen LogP contribution >= 0.6 is 0 Å². The molecule has 1 heteroatoms. The number of para-hydroxylation sites is 1. The van der Waals surface area contributed by atoms with Crippen LogP contribution in [0.15, 0.2) is 176 Å². The molecule has 0 saturated carbocycles. The number of benzene rings is 7. The van der Waals surface area contributed by atoms with Crippen molar-refractivity contribution in [2.75, 3.05) is 0 Å². The summed E-state index contributed by atoms with van der Waals surface area (Å²) in [5.41, 5.74) is 13.5. The number of aromatic nitrogens is 1. The lowest BCUT2D eigenvalue weighted by Crippen LogP contribution is -2.28. The van der Waals surface area contributed by atoms with Crippen LogP contribution in [-0.4, -0.2) is 4.57 Å². The third kappa shape index (κ3) is 3.47. The van der Waals surface area contributed by atoms with Gasteiger partial charge >= 0.3 is 0 Å². The molecule has 7 aromatic carbocycles. The molecule has 0 N–H and O–H groups in total. The second kappa shape index (κ2) is 9.69. The molecular formula is C43H29N. The lowest BCUT2D eigenvalue weighted by Gasteiger charge is -2.34. The fraction of sp³-hybridized carbons (Fsp3) is 0.0233. The Bertz CT molecular complexity index is 2260. The molecule has 0 unspecified atom stereocenters. The molecule has 206 valence electrons. The second-order valence-corrected chi connectivity index (χ2v) is 11.7. The van der Waals surface area contributed by atoms with Gasteiger partial charge in [0.2, 0.25) is 0 Å². The minimum atomic E-state index is -0.390. The lowest BCUT2D eigenvalue weighted by atomic mass is 9.68. The molecule has 0 radical (unpaired) electrons. The number of rotatable bonds is 4. The third-order valence-electron chi connectivity index (χ3n) is 9.50. The zero-order chi connectivity index (χ0) is 29.1. The van der Waals surface area contributed by atoms with Crippen molar-refractivity contribution in [2.24, 2.45) is 0 Å². The summed E-state index contributed by atoms with van der Waals surface area (Å²) in [6.07, 6.45) is 0. The van der Waals surface area contributed by atoms with Crippen LogP contribution in [0.5, 0.6) is 0 Å². The molecule has 0 amide bonds. The largest absolute Gasteiger partial charge is 0.309 e. The Balaban J connectivity index is 1.26. The summed E-state index contributed by atoms with van der Waals surface area (Å²) in [5.74, 6) is 0. The van der Waals surface area contributed by atoms with E-state index in [1.54, 1.807) is 0 Å². The van der Waals surface area contributed by atoms with E-state index in [2.05, 4.69) is 180 Å². The molecule has 1 nitrogen and oxygen atoms in total. The molecular weight excluding hydrogens is 530 g/mol. The normalized spacial score (nSPS) is 13.2. The van der Waals surface area contributed by atoms with Crippen molar-refractivity contribution in [3.63, 3.8) is 0 Å². The number of hydrogen-bond acceptors (Lipinski definition) is 0. The van der Waals surface area contributed by atoms with E-state index < -0.39 is 5.41 Å². The van der Waals surface area contributed by atoms with Gasteiger partial charge in [-0.2, -0.15) is 0 Å². The van der Waals surface area contributed by atoms with E-state index in [1.807, 2.05) is 0 Å². The zero-order valence-electron chi connectivity index (χ0n) is 24.2. The van der Waals surface area contributed by atoms with Gasteiger partial charge in [0.05, 0.1) is 16.4 Å². The highest BCUT2D eigenvalue weighted by molar-refractivity contribution is 6.10. The molecule has 0 atom stereocenters. The van der Waals surface area contributed by atoms with E-state index in [-0.39, 0.29) is 0 Å². The van der Waals surface area contributed by atoms with Gasteiger partial charge in [-0.05, 0) is 74.8 Å². The Hall–Kier alpha value is -5.66. The van der Waals surface area contributed by atoms with Crippen molar-refractivity contribution in [1.82, 2.24) is 4.57 Å². The summed E-state index contributed by atoms with van der Waals surface area (Å²) in [5, 5.41) is 2.54. The van der Waals surface area contributed by atoms with Gasteiger partial charge in [-0.15, -0.1) is 0 Å². The van der Waals surface area contributed by atoms with Gasteiger partial charge in [0.1, 0.15) is 0 Å². The predicted octanol–water partition coefficient (Wildman–Crippen LogP) is 10.8. The maximum atomic E-state index is 2.41. The van der Waals surface area contributed by atoms with Crippen LogP contribution in [0.4, 0.5) is 0 Å². The number of hydrogen-bond donors (Lipinski definition) is 0. The molecule has 9 rings (SSSR count). The van der Waals surface area contributed by atoms with Crippen molar-refractivity contribution in [1.29, 1.82) is 0 Å². The van der Waals surface area contributed by atoms with Crippen LogP contribution in [0.1, 0.15) is 22.3 Å². The number of fused-ring (bicyclic) bond motifs is 6. The fourth-order valence-electron chi connectivity index (χ4n) is 7.63. The van der Waals surface area contributed by atoms with Crippen LogP contribution in [0, 0.1) is 0 Å². The van der Waals surface area contributed by atoms with Crippen LogP contribution < -0.4 is 0 Å². The summed E-state index contributed by atoms with van der Waals surface area (Å²) < 4.78 is 2.41. The van der Waals surface area contributed by atoms with E-state index in [1.165, 1.54) is 66.3 Å². The Morgan fingerprint density at radius 3 is 1.61 bits per heavy atom. The molecule has 8 aromatic rings. The molecule has 0 fully saturated rings. The van der Waals surface area contributed by atoms with Gasteiger partial charge in [-0.25, -0.2) is 0 Å². The van der Waals surface area contributed by atoms with E-state index in [0.717, 1.165) is 5.69 Å². The van der Waals surface area contributed by atoms with Gasteiger partial charge < -0.3 is 4.57 Å². The van der Waals surface area contributed by atoms with Crippen LogP contribution in [0.25, 0.3) is 49.7 Å². The zero-order valence-corrected chi connectivity index (χ0v) is 24.2. The first kappa shape index (κ1) is 24.9. The molecule has 0 saturated heterocycles. The Morgan fingerprint density at radius 1 is 0.364 bits per heavy atom. The monoisotopic (exact) mass is 559 g/mol. The first-order valence-corrected chi connectivity index (χ1v) is 15.3. The number of nitrogens with zero attached hydrogens (tertiary/aromatic N) is 1. The summed E-state index contributed by atoms with van der Waals surface area (Å²) in [6.45, 7) is 0. The molecule has 1 aliphatic carbocycles. The lowest BCUT2D eigenvalue weighted by molar-refractivity contribution is 0.768. The standard InChI is InChI=1S/C43H29N/c1-3-13-30(14-4-1)31-23-28-42-38(29-31)37-19-9-12-22-41(37)44(42)34-26-24-33(25-27-34)43(32-15-5-2-6-16-32)39-20-10-7-17-35(39)36-18-8-11-21-40(36)43/h1-29H. The van der Waals surface area contributed by atoms with Gasteiger partial charge in [-0.3, -0.25) is 0 Å². The highest BCUT2D eigenvalue weighted by atomic mass is 15.0. The van der Waals surface area contributed by atoms with Gasteiger partial charge in [0, 0.05) is 16.5 Å². The Labute approximate surface area is 257 Å². The maximum Gasteiger partial charge on any atom is 0.0713 e. The van der Waals surface area contributed by atoms with Gasteiger partial charge in [0.25, 0.3) is 0 Å². The van der Waals surface area contributed by atoms with E-state index in [9.17, 15) is 0 Å². The second-order valence-electron chi connectivity index (χ2n) is 11.7. The van der Waals surface area contributed by atoms with Crippen LogP contribution in [0.2, 0.25) is 0 Å². The van der Waals surface area contributed by atoms with E-state index in [4.69, 9.17) is 0 Å². The van der Waals surface area contributed by atoms with E-state index >= 15 is 0 Å². The first-order chi connectivity index (χ1) is 21.8. The fourth-order valence-corrected chi connectivity index (χ4v) is 7.63. The first-order valence-electron chi connectivity index (χ1n) is 15.3. The maximum absolute atomic E-state index is 2.41. The molecule has 0 bridgehead atoms. The minimum Gasteiger partial charge on any atom is -0.309 e. The Morgan fingerprint density at radius 2 is 0.909 bits per heavy atom. The molecule has 0 aliphatic heterocycles. The van der Waals surface area contributed by atoms with Crippen molar-refractivity contribution >= 4 is 21.8 Å². The summed E-state index contributed by atoms with van der Waals surface area (Å²) in [6, 6.07) is 64.4.